The van der Waals surface area contributed by atoms with Gasteiger partial charge in [-0.1, -0.05) is 30.3 Å². The number of ketones is 1. The van der Waals surface area contributed by atoms with Gasteiger partial charge in [-0.25, -0.2) is 9.59 Å². The van der Waals surface area contributed by atoms with Gasteiger partial charge in [-0.3, -0.25) is 4.79 Å². The summed E-state index contributed by atoms with van der Waals surface area (Å²) in [7, 11) is 0.634. The second kappa shape index (κ2) is 8.15. The van der Waals surface area contributed by atoms with E-state index in [4.69, 9.17) is 0 Å². The van der Waals surface area contributed by atoms with Crippen LogP contribution >= 0.6 is 0 Å². The van der Waals surface area contributed by atoms with E-state index in [0.29, 0.717) is 23.8 Å². The molecule has 3 rings (SSSR count). The number of halogens is 7. The average molecular weight is 491 g/mol. The fourth-order valence-corrected chi connectivity index (χ4v) is 3.29. The van der Waals surface area contributed by atoms with Gasteiger partial charge in [0.05, 0.1) is 29.3 Å². The Morgan fingerprint density at radius 1 is 0.912 bits per heavy atom. The molecule has 0 aliphatic rings. The van der Waals surface area contributed by atoms with Crippen LogP contribution in [0.5, 0.6) is 0 Å². The standard InChI is InChI=1S/C21H12F7NO5/c1-34-18(33)13-12-9-11(17(31)32)7-8-29(12)15(16(30)10-5-3-2-4-6-10)14(13)19(22,23)20(24,25)21(26,27)28/h2-9H,1H3,(H,31,32). The number of nitrogens with zero attached hydrogens (tertiary/aromatic N) is 1. The Hall–Kier alpha value is -3.90. The molecule has 0 atom stereocenters. The van der Waals surface area contributed by atoms with Gasteiger partial charge in [0, 0.05) is 11.8 Å². The van der Waals surface area contributed by atoms with E-state index in [1.54, 1.807) is 0 Å². The molecule has 1 aromatic carbocycles. The molecule has 1 N–H and O–H groups in total. The van der Waals surface area contributed by atoms with Crippen LogP contribution in [-0.2, 0) is 10.7 Å². The Bertz CT molecular complexity index is 1300. The van der Waals surface area contributed by atoms with Crippen LogP contribution in [0.3, 0.4) is 0 Å². The van der Waals surface area contributed by atoms with Crippen LogP contribution < -0.4 is 0 Å². The Balaban J connectivity index is 2.56. The molecule has 0 unspecified atom stereocenters. The van der Waals surface area contributed by atoms with Gasteiger partial charge in [0.15, 0.2) is 0 Å². The van der Waals surface area contributed by atoms with E-state index in [1.807, 2.05) is 0 Å². The Morgan fingerprint density at radius 2 is 1.50 bits per heavy atom. The number of rotatable bonds is 6. The van der Waals surface area contributed by atoms with Crippen molar-refractivity contribution in [1.29, 1.82) is 0 Å². The van der Waals surface area contributed by atoms with Crippen molar-refractivity contribution in [2.75, 3.05) is 7.11 Å². The van der Waals surface area contributed by atoms with Gasteiger partial charge in [-0.15, -0.1) is 0 Å². The third kappa shape index (κ3) is 3.66. The number of ether oxygens (including phenoxy) is 1. The van der Waals surface area contributed by atoms with E-state index in [0.717, 1.165) is 18.2 Å². The topological polar surface area (TPSA) is 85.1 Å². The Labute approximate surface area is 185 Å². The number of carbonyl (C=O) groups is 3. The molecule has 0 bridgehead atoms. The molecule has 180 valence electrons. The van der Waals surface area contributed by atoms with Crippen LogP contribution in [-0.4, -0.2) is 46.4 Å². The Morgan fingerprint density at radius 3 is 2.00 bits per heavy atom. The van der Waals surface area contributed by atoms with E-state index in [2.05, 4.69) is 4.74 Å². The molecule has 0 radical (unpaired) electrons. The van der Waals surface area contributed by atoms with E-state index >= 15 is 8.78 Å². The zero-order valence-corrected chi connectivity index (χ0v) is 16.8. The summed E-state index contributed by atoms with van der Waals surface area (Å²) in [6.07, 6.45) is -6.09. The number of carbonyl (C=O) groups excluding carboxylic acids is 2. The van der Waals surface area contributed by atoms with Crippen molar-refractivity contribution in [3.63, 3.8) is 0 Å². The van der Waals surface area contributed by atoms with Gasteiger partial charge in [-0.2, -0.15) is 30.7 Å². The lowest BCUT2D eigenvalue weighted by molar-refractivity contribution is -0.359. The van der Waals surface area contributed by atoms with Gasteiger partial charge in [0.2, 0.25) is 5.78 Å². The number of fused-ring (bicyclic) bond motifs is 1. The monoisotopic (exact) mass is 491 g/mol. The first-order valence-corrected chi connectivity index (χ1v) is 9.09. The lowest BCUT2D eigenvalue weighted by Crippen LogP contribution is -2.51. The number of esters is 1. The second-order valence-corrected chi connectivity index (χ2v) is 6.91. The molecule has 0 aliphatic heterocycles. The van der Waals surface area contributed by atoms with Crippen molar-refractivity contribution in [3.8, 4) is 0 Å². The van der Waals surface area contributed by atoms with Gasteiger partial charge in [0.1, 0.15) is 5.69 Å². The van der Waals surface area contributed by atoms with Gasteiger partial charge >= 0.3 is 30.0 Å². The number of carboxylic acids is 1. The highest BCUT2D eigenvalue weighted by Gasteiger charge is 2.75. The molecule has 2 heterocycles. The van der Waals surface area contributed by atoms with Gasteiger partial charge < -0.3 is 14.2 Å². The molecule has 0 saturated carbocycles. The van der Waals surface area contributed by atoms with Crippen molar-refractivity contribution < 1.29 is 55.0 Å². The minimum atomic E-state index is -6.78. The van der Waals surface area contributed by atoms with Crippen LogP contribution in [0.15, 0.2) is 48.7 Å². The lowest BCUT2D eigenvalue weighted by Gasteiger charge is -2.29. The first kappa shape index (κ1) is 24.7. The third-order valence-electron chi connectivity index (χ3n) is 4.89. The largest absolute Gasteiger partial charge is 0.478 e. The fraction of sp³-hybridized carbons (Fsp3) is 0.190. The van der Waals surface area contributed by atoms with Crippen LogP contribution in [0, 0.1) is 0 Å². The van der Waals surface area contributed by atoms with Crippen LogP contribution in [0.25, 0.3) is 5.52 Å². The highest BCUT2D eigenvalue weighted by molar-refractivity contribution is 6.13. The molecule has 0 saturated heterocycles. The summed E-state index contributed by atoms with van der Waals surface area (Å²) in [4.78, 5) is 36.8. The predicted molar refractivity (Wildman–Crippen MR) is 100 cm³/mol. The molecular formula is C21H12F7NO5. The normalized spacial score (nSPS) is 12.6. The SMILES string of the molecule is COC(=O)c1c(C(F)(F)C(F)(F)C(F)(F)F)c(C(=O)c2ccccc2)n2ccc(C(=O)O)cc12. The zero-order valence-electron chi connectivity index (χ0n) is 16.8. The molecule has 13 heteroatoms. The van der Waals surface area contributed by atoms with Gasteiger partial charge in [-0.05, 0) is 12.1 Å². The number of hydrogen-bond acceptors (Lipinski definition) is 4. The predicted octanol–water partition coefficient (Wildman–Crippen LogP) is 4.94. The molecule has 0 aliphatic carbocycles. The first-order valence-electron chi connectivity index (χ1n) is 9.09. The number of hydrogen-bond donors (Lipinski definition) is 1. The molecule has 2 aromatic heterocycles. The van der Waals surface area contributed by atoms with Crippen molar-refractivity contribution in [2.24, 2.45) is 0 Å². The van der Waals surface area contributed by atoms with Crippen molar-refractivity contribution in [2.45, 2.75) is 18.0 Å². The number of alkyl halides is 7. The number of carboxylic acid groups (broad SMARTS) is 1. The number of aromatic nitrogens is 1. The zero-order chi connectivity index (χ0) is 25.6. The van der Waals surface area contributed by atoms with Crippen LogP contribution in [0.2, 0.25) is 0 Å². The maximum atomic E-state index is 15.1. The highest BCUT2D eigenvalue weighted by atomic mass is 19.4. The lowest BCUT2D eigenvalue weighted by atomic mass is 9.93. The number of pyridine rings is 1. The maximum Gasteiger partial charge on any atom is 0.460 e. The average Bonchev–Trinajstić information content (AvgIpc) is 3.12. The maximum absolute atomic E-state index is 15.1. The summed E-state index contributed by atoms with van der Waals surface area (Å²) in [6, 6.07) is 7.47. The highest BCUT2D eigenvalue weighted by Crippen LogP contribution is 2.54. The molecule has 0 spiro atoms. The Kier molecular flexibility index (Phi) is 5.93. The summed E-state index contributed by atoms with van der Waals surface area (Å²) >= 11 is 0. The quantitative estimate of drug-likeness (QED) is 0.300. The van der Waals surface area contributed by atoms with Crippen molar-refractivity contribution in [3.05, 3.63) is 76.6 Å². The van der Waals surface area contributed by atoms with Crippen molar-refractivity contribution in [1.82, 2.24) is 4.40 Å². The summed E-state index contributed by atoms with van der Waals surface area (Å²) < 4.78 is 102. The number of aromatic carboxylic acids is 1. The van der Waals surface area contributed by atoms with E-state index in [-0.39, 0.29) is 5.56 Å². The number of benzene rings is 1. The van der Waals surface area contributed by atoms with E-state index in [9.17, 15) is 41.4 Å². The molecule has 3 aromatic rings. The minimum absolute atomic E-state index is 0.381. The van der Waals surface area contributed by atoms with E-state index in [1.165, 1.54) is 18.2 Å². The minimum Gasteiger partial charge on any atom is -0.478 e. The van der Waals surface area contributed by atoms with Crippen LogP contribution in [0.1, 0.15) is 42.3 Å². The second-order valence-electron chi connectivity index (χ2n) is 6.91. The first-order chi connectivity index (χ1) is 15.7. The van der Waals surface area contributed by atoms with Crippen molar-refractivity contribution >= 4 is 23.2 Å². The molecule has 6 nitrogen and oxygen atoms in total. The van der Waals surface area contributed by atoms with Gasteiger partial charge in [0.25, 0.3) is 0 Å². The third-order valence-corrected chi connectivity index (χ3v) is 4.89. The van der Waals surface area contributed by atoms with Crippen LogP contribution in [0.4, 0.5) is 30.7 Å². The van der Waals surface area contributed by atoms with E-state index < -0.39 is 63.6 Å². The molecule has 0 amide bonds. The summed E-state index contributed by atoms with van der Waals surface area (Å²) in [5.74, 6) is -17.7. The molecular weight excluding hydrogens is 479 g/mol. The molecule has 0 fully saturated rings. The number of methoxy groups -OCH3 is 1. The summed E-state index contributed by atoms with van der Waals surface area (Å²) in [6.45, 7) is 0. The smallest absolute Gasteiger partial charge is 0.460 e. The fourth-order valence-electron chi connectivity index (χ4n) is 3.29. The summed E-state index contributed by atoms with van der Waals surface area (Å²) in [5.41, 5.74) is -7.03. The molecule has 34 heavy (non-hydrogen) atoms. The summed E-state index contributed by atoms with van der Waals surface area (Å²) in [5, 5.41) is 9.18.